The summed E-state index contributed by atoms with van der Waals surface area (Å²) in [6, 6.07) is 32.3. The fourth-order valence-electron chi connectivity index (χ4n) is 6.18. The molecule has 7 nitrogen and oxygen atoms in total. The number of hydrogen-bond acceptors (Lipinski definition) is 5. The first-order valence-corrected chi connectivity index (χ1v) is 12.6. The van der Waals surface area contributed by atoms with E-state index in [2.05, 4.69) is 5.32 Å². The Kier molecular flexibility index (Phi) is 5.93. The lowest BCUT2D eigenvalue weighted by Crippen LogP contribution is -2.50. The molecule has 4 aromatic carbocycles. The molecule has 7 heteroatoms. The van der Waals surface area contributed by atoms with Gasteiger partial charge in [0.15, 0.2) is 0 Å². The van der Waals surface area contributed by atoms with Crippen LogP contribution in [-0.4, -0.2) is 24.0 Å². The van der Waals surface area contributed by atoms with E-state index in [0.717, 1.165) is 22.4 Å². The Morgan fingerprint density at radius 2 is 1.55 bits per heavy atom. The minimum atomic E-state index is -1.34. The van der Waals surface area contributed by atoms with E-state index in [1.54, 1.807) is 18.1 Å². The summed E-state index contributed by atoms with van der Waals surface area (Å²) in [6.07, 6.45) is 0. The summed E-state index contributed by atoms with van der Waals surface area (Å²) in [5.41, 5.74) is 2.61. The third kappa shape index (κ3) is 3.66. The SMILES string of the molecule is COc1cccc([C@@H]2[C@H]([N+](=O)[O-])[C@H](c3ccccc3)NC23C(=O)N(Cc2ccccc2)c2ccccc23)c1. The molecule has 1 amide bonds. The number of nitrogens with one attached hydrogen (secondary N) is 1. The number of carbonyl (C=O) groups is 1. The number of carbonyl (C=O) groups excluding carboxylic acids is 1. The summed E-state index contributed by atoms with van der Waals surface area (Å²) >= 11 is 0. The van der Waals surface area contributed by atoms with Gasteiger partial charge in [0.2, 0.25) is 6.04 Å². The molecule has 1 unspecified atom stereocenters. The predicted octanol–water partition coefficient (Wildman–Crippen LogP) is 5.21. The van der Waals surface area contributed by atoms with Gasteiger partial charge in [-0.3, -0.25) is 20.2 Å². The maximum atomic E-state index is 14.7. The van der Waals surface area contributed by atoms with Crippen LogP contribution in [0.3, 0.4) is 0 Å². The van der Waals surface area contributed by atoms with Crippen molar-refractivity contribution < 1.29 is 14.5 Å². The van der Waals surface area contributed by atoms with Gasteiger partial charge in [-0.15, -0.1) is 0 Å². The Balaban J connectivity index is 1.58. The van der Waals surface area contributed by atoms with Gasteiger partial charge in [-0.1, -0.05) is 91.0 Å². The zero-order chi connectivity index (χ0) is 26.3. The quantitative estimate of drug-likeness (QED) is 0.287. The third-order valence-electron chi connectivity index (χ3n) is 7.77. The smallest absolute Gasteiger partial charge is 0.253 e. The second-order valence-electron chi connectivity index (χ2n) is 9.76. The highest BCUT2D eigenvalue weighted by atomic mass is 16.6. The number of rotatable bonds is 6. The Morgan fingerprint density at radius 1 is 0.895 bits per heavy atom. The van der Waals surface area contributed by atoms with Gasteiger partial charge in [-0.2, -0.15) is 0 Å². The highest BCUT2D eigenvalue weighted by molar-refractivity contribution is 6.09. The van der Waals surface area contributed by atoms with Gasteiger partial charge in [0.1, 0.15) is 17.3 Å². The summed E-state index contributed by atoms with van der Waals surface area (Å²) in [5, 5.41) is 16.4. The molecule has 0 radical (unpaired) electrons. The molecular weight excluding hydrogens is 478 g/mol. The van der Waals surface area contributed by atoms with Crippen LogP contribution in [0.1, 0.15) is 34.2 Å². The minimum Gasteiger partial charge on any atom is -0.497 e. The Morgan fingerprint density at radius 3 is 2.26 bits per heavy atom. The number of benzene rings is 4. The van der Waals surface area contributed by atoms with Crippen LogP contribution in [0.4, 0.5) is 5.69 Å². The minimum absolute atomic E-state index is 0.194. The molecule has 4 aromatic rings. The van der Waals surface area contributed by atoms with Crippen molar-refractivity contribution >= 4 is 11.6 Å². The van der Waals surface area contributed by atoms with Gasteiger partial charge in [0.25, 0.3) is 5.91 Å². The summed E-state index contributed by atoms with van der Waals surface area (Å²) in [4.78, 5) is 29.1. The van der Waals surface area contributed by atoms with Crippen LogP contribution in [0.5, 0.6) is 5.75 Å². The van der Waals surface area contributed by atoms with E-state index in [0.29, 0.717) is 17.9 Å². The zero-order valence-electron chi connectivity index (χ0n) is 20.9. The van der Waals surface area contributed by atoms with Crippen molar-refractivity contribution in [2.24, 2.45) is 0 Å². The summed E-state index contributed by atoms with van der Waals surface area (Å²) < 4.78 is 5.48. The average Bonchev–Trinajstić information content (AvgIpc) is 3.44. The van der Waals surface area contributed by atoms with Crippen LogP contribution in [0.15, 0.2) is 109 Å². The molecule has 0 aromatic heterocycles. The molecule has 0 aliphatic carbocycles. The van der Waals surface area contributed by atoms with Crippen LogP contribution in [-0.2, 0) is 16.9 Å². The Hall–Kier alpha value is -4.49. The molecule has 2 aliphatic rings. The number of ether oxygens (including phenoxy) is 1. The van der Waals surface area contributed by atoms with Crippen molar-refractivity contribution in [3.05, 3.63) is 142 Å². The second-order valence-corrected chi connectivity index (χ2v) is 9.76. The van der Waals surface area contributed by atoms with Gasteiger partial charge in [0, 0.05) is 16.2 Å². The first kappa shape index (κ1) is 23.9. The molecule has 2 aliphatic heterocycles. The Bertz CT molecular complexity index is 1490. The van der Waals surface area contributed by atoms with Gasteiger partial charge >= 0.3 is 0 Å². The van der Waals surface area contributed by atoms with Crippen molar-refractivity contribution in [3.63, 3.8) is 0 Å². The van der Waals surface area contributed by atoms with Crippen LogP contribution in [0.2, 0.25) is 0 Å². The van der Waals surface area contributed by atoms with Crippen LogP contribution >= 0.6 is 0 Å². The summed E-state index contributed by atoms with van der Waals surface area (Å²) in [7, 11) is 1.57. The van der Waals surface area contributed by atoms with E-state index >= 15 is 0 Å². The molecule has 4 atom stereocenters. The fraction of sp³-hybridized carbons (Fsp3) is 0.194. The fourth-order valence-corrected chi connectivity index (χ4v) is 6.18. The van der Waals surface area contributed by atoms with E-state index in [1.165, 1.54) is 0 Å². The first-order valence-electron chi connectivity index (χ1n) is 12.6. The number of fused-ring (bicyclic) bond motifs is 2. The van der Waals surface area contributed by atoms with E-state index < -0.39 is 23.5 Å². The number of hydrogen-bond donors (Lipinski definition) is 1. The largest absolute Gasteiger partial charge is 0.497 e. The Labute approximate surface area is 220 Å². The van der Waals surface area contributed by atoms with Gasteiger partial charge in [0.05, 0.1) is 19.6 Å². The molecule has 1 saturated heterocycles. The average molecular weight is 506 g/mol. The number of nitrogens with zero attached hydrogens (tertiary/aromatic N) is 2. The van der Waals surface area contributed by atoms with Crippen molar-refractivity contribution in [1.82, 2.24) is 5.32 Å². The number of methoxy groups -OCH3 is 1. The van der Waals surface area contributed by atoms with Gasteiger partial charge in [-0.05, 0) is 34.9 Å². The molecule has 2 heterocycles. The van der Waals surface area contributed by atoms with Crippen molar-refractivity contribution in [1.29, 1.82) is 0 Å². The number of para-hydroxylation sites is 1. The van der Waals surface area contributed by atoms with E-state index in [-0.39, 0.29) is 10.8 Å². The number of nitro groups is 1. The molecule has 38 heavy (non-hydrogen) atoms. The lowest BCUT2D eigenvalue weighted by atomic mass is 9.74. The molecular formula is C31H27N3O4. The number of anilines is 1. The molecule has 0 saturated carbocycles. The highest BCUT2D eigenvalue weighted by Crippen LogP contribution is 2.57. The maximum absolute atomic E-state index is 14.7. The molecule has 1 fully saturated rings. The van der Waals surface area contributed by atoms with Crippen LogP contribution < -0.4 is 15.0 Å². The molecule has 1 spiro atoms. The van der Waals surface area contributed by atoms with Gasteiger partial charge < -0.3 is 9.64 Å². The standard InChI is InChI=1S/C31H27N3O4/c1-38-24-16-10-15-23(19-24)27-29(34(36)37)28(22-13-6-3-7-14-22)32-31(27)25-17-8-9-18-26(25)33(30(31)35)20-21-11-4-2-5-12-21/h2-19,27-29,32H,20H2,1H3/t27-,28+,29+,31?/m1/s1. The van der Waals surface area contributed by atoms with E-state index in [4.69, 9.17) is 4.74 Å². The zero-order valence-corrected chi connectivity index (χ0v) is 20.9. The summed E-state index contributed by atoms with van der Waals surface area (Å²) in [6.45, 7) is 0.365. The van der Waals surface area contributed by atoms with Gasteiger partial charge in [-0.25, -0.2) is 0 Å². The van der Waals surface area contributed by atoms with Crippen LogP contribution in [0, 0.1) is 10.1 Å². The van der Waals surface area contributed by atoms with Crippen molar-refractivity contribution in [2.45, 2.75) is 30.1 Å². The second kappa shape index (κ2) is 9.43. The van der Waals surface area contributed by atoms with Crippen molar-refractivity contribution in [3.8, 4) is 5.75 Å². The normalized spacial score (nSPS) is 24.0. The lowest BCUT2D eigenvalue weighted by molar-refractivity contribution is -0.527. The predicted molar refractivity (Wildman–Crippen MR) is 145 cm³/mol. The van der Waals surface area contributed by atoms with E-state index in [1.807, 2.05) is 103 Å². The molecule has 190 valence electrons. The monoisotopic (exact) mass is 505 g/mol. The molecule has 1 N–H and O–H groups in total. The van der Waals surface area contributed by atoms with E-state index in [9.17, 15) is 14.9 Å². The molecule has 6 rings (SSSR count). The highest BCUT2D eigenvalue weighted by Gasteiger charge is 2.68. The number of amides is 1. The topological polar surface area (TPSA) is 84.7 Å². The summed E-state index contributed by atoms with van der Waals surface area (Å²) in [5.74, 6) is -0.393. The third-order valence-corrected chi connectivity index (χ3v) is 7.77. The van der Waals surface area contributed by atoms with Crippen LogP contribution in [0.25, 0.3) is 0 Å². The lowest BCUT2D eigenvalue weighted by Gasteiger charge is -2.31. The van der Waals surface area contributed by atoms with Crippen molar-refractivity contribution in [2.75, 3.05) is 12.0 Å². The maximum Gasteiger partial charge on any atom is 0.253 e. The molecule has 0 bridgehead atoms. The first-order chi connectivity index (χ1) is 18.5.